The summed E-state index contributed by atoms with van der Waals surface area (Å²) in [6.45, 7) is 0.714. The minimum absolute atomic E-state index is 0.00989. The number of nitrogens with one attached hydrogen (secondary N) is 1. The second kappa shape index (κ2) is 9.55. The molecule has 0 unspecified atom stereocenters. The fourth-order valence-electron chi connectivity index (χ4n) is 3.15. The van der Waals surface area contributed by atoms with Crippen LogP contribution >= 0.6 is 11.6 Å². The summed E-state index contributed by atoms with van der Waals surface area (Å²) < 4.78 is 39.9. The first-order chi connectivity index (χ1) is 14.3. The van der Waals surface area contributed by atoms with Gasteiger partial charge in [-0.1, -0.05) is 23.7 Å². The molecule has 30 heavy (non-hydrogen) atoms. The van der Waals surface area contributed by atoms with Gasteiger partial charge in [-0.3, -0.25) is 9.59 Å². The molecular weight excluding hydrogens is 433 g/mol. The summed E-state index contributed by atoms with van der Waals surface area (Å²) in [5.74, 6) is -1.28. The van der Waals surface area contributed by atoms with Gasteiger partial charge in [-0.05, 0) is 42.8 Å². The van der Waals surface area contributed by atoms with Crippen molar-refractivity contribution in [3.05, 3.63) is 64.9 Å². The molecule has 2 aromatic carbocycles. The highest BCUT2D eigenvalue weighted by Crippen LogP contribution is 2.18. The molecule has 1 N–H and O–H groups in total. The maximum Gasteiger partial charge on any atom is 0.253 e. The SMILES string of the molecule is O=C(NCC(=O)N1CCCN(S(=O)(=O)c2ccc(F)cc2)CC1)c1ccccc1Cl. The number of hydrogen-bond donors (Lipinski definition) is 1. The Morgan fingerprint density at radius 2 is 1.70 bits per heavy atom. The van der Waals surface area contributed by atoms with Crippen LogP contribution in [0, 0.1) is 5.82 Å². The Kier molecular flexibility index (Phi) is 7.06. The summed E-state index contributed by atoms with van der Waals surface area (Å²) in [5, 5.41) is 2.84. The van der Waals surface area contributed by atoms with Gasteiger partial charge < -0.3 is 10.2 Å². The minimum atomic E-state index is -3.77. The number of hydrogen-bond acceptors (Lipinski definition) is 4. The van der Waals surface area contributed by atoms with Crippen molar-refractivity contribution in [2.24, 2.45) is 0 Å². The summed E-state index contributed by atoms with van der Waals surface area (Å²) >= 11 is 5.98. The largest absolute Gasteiger partial charge is 0.343 e. The lowest BCUT2D eigenvalue weighted by Crippen LogP contribution is -2.42. The highest BCUT2D eigenvalue weighted by molar-refractivity contribution is 7.89. The lowest BCUT2D eigenvalue weighted by Gasteiger charge is -2.22. The molecule has 1 aliphatic heterocycles. The van der Waals surface area contributed by atoms with Gasteiger partial charge in [0.1, 0.15) is 5.82 Å². The second-order valence-corrected chi connectivity index (χ2v) is 9.10. The number of amides is 2. The Morgan fingerprint density at radius 3 is 2.40 bits per heavy atom. The van der Waals surface area contributed by atoms with Crippen LogP contribution in [0.15, 0.2) is 53.4 Å². The first-order valence-electron chi connectivity index (χ1n) is 9.35. The van der Waals surface area contributed by atoms with Gasteiger partial charge >= 0.3 is 0 Å². The highest BCUT2D eigenvalue weighted by Gasteiger charge is 2.28. The van der Waals surface area contributed by atoms with E-state index in [2.05, 4.69) is 5.32 Å². The van der Waals surface area contributed by atoms with Crippen LogP contribution in [0.25, 0.3) is 0 Å². The Hall–Kier alpha value is -2.49. The van der Waals surface area contributed by atoms with Crippen molar-refractivity contribution in [2.75, 3.05) is 32.7 Å². The van der Waals surface area contributed by atoms with Crippen molar-refractivity contribution in [2.45, 2.75) is 11.3 Å². The third-order valence-corrected chi connectivity index (χ3v) is 7.02. The molecule has 2 aromatic rings. The average Bonchev–Trinajstić information content (AvgIpc) is 2.99. The van der Waals surface area contributed by atoms with E-state index < -0.39 is 21.7 Å². The molecule has 1 saturated heterocycles. The summed E-state index contributed by atoms with van der Waals surface area (Å²) in [6.07, 6.45) is 0.449. The van der Waals surface area contributed by atoms with Gasteiger partial charge in [0.15, 0.2) is 0 Å². The third-order valence-electron chi connectivity index (χ3n) is 4.78. The van der Waals surface area contributed by atoms with Crippen molar-refractivity contribution in [1.82, 2.24) is 14.5 Å². The summed E-state index contributed by atoms with van der Waals surface area (Å²) in [5.41, 5.74) is 0.277. The molecule has 10 heteroatoms. The Morgan fingerprint density at radius 1 is 1.00 bits per heavy atom. The number of carbonyl (C=O) groups is 2. The van der Waals surface area contributed by atoms with Crippen LogP contribution in [0.2, 0.25) is 5.02 Å². The number of nitrogens with zero attached hydrogens (tertiary/aromatic N) is 2. The zero-order chi connectivity index (χ0) is 21.7. The normalized spacial score (nSPS) is 15.5. The van der Waals surface area contributed by atoms with Crippen molar-refractivity contribution in [1.29, 1.82) is 0 Å². The summed E-state index contributed by atoms with van der Waals surface area (Å²) in [6, 6.07) is 11.2. The number of benzene rings is 2. The third kappa shape index (κ3) is 5.16. The van der Waals surface area contributed by atoms with Gasteiger partial charge in [0.05, 0.1) is 22.0 Å². The number of halogens is 2. The molecule has 160 valence electrons. The van der Waals surface area contributed by atoms with E-state index in [1.165, 1.54) is 21.3 Å². The Bertz CT molecular complexity index is 1030. The quantitative estimate of drug-likeness (QED) is 0.751. The molecule has 1 heterocycles. The predicted octanol–water partition coefficient (Wildman–Crippen LogP) is 2.13. The van der Waals surface area contributed by atoms with Crippen LogP contribution in [0.5, 0.6) is 0 Å². The van der Waals surface area contributed by atoms with E-state index in [-0.39, 0.29) is 42.5 Å². The summed E-state index contributed by atoms with van der Waals surface area (Å²) in [4.78, 5) is 26.2. The van der Waals surface area contributed by atoms with Crippen LogP contribution in [-0.4, -0.2) is 62.2 Å². The zero-order valence-electron chi connectivity index (χ0n) is 16.1. The molecule has 0 atom stereocenters. The van der Waals surface area contributed by atoms with Crippen LogP contribution in [-0.2, 0) is 14.8 Å². The Balaban J connectivity index is 1.58. The molecule has 3 rings (SSSR count). The molecule has 0 saturated carbocycles. The zero-order valence-corrected chi connectivity index (χ0v) is 17.6. The van der Waals surface area contributed by atoms with E-state index in [9.17, 15) is 22.4 Å². The van der Waals surface area contributed by atoms with Gasteiger partial charge in [-0.25, -0.2) is 12.8 Å². The molecule has 0 spiro atoms. The molecule has 0 aliphatic carbocycles. The standard InChI is InChI=1S/C20H21ClFN3O4S/c21-18-5-2-1-4-17(18)20(27)23-14-19(26)24-10-3-11-25(13-12-24)30(28,29)16-8-6-15(22)7-9-16/h1-2,4-9H,3,10-14H2,(H,23,27). The van der Waals surface area contributed by atoms with Crippen LogP contribution < -0.4 is 5.32 Å². The van der Waals surface area contributed by atoms with Crippen LogP contribution in [0.3, 0.4) is 0 Å². The Labute approximate surface area is 179 Å². The van der Waals surface area contributed by atoms with Crippen LogP contribution in [0.1, 0.15) is 16.8 Å². The molecule has 2 amide bonds. The van der Waals surface area contributed by atoms with E-state index in [0.717, 1.165) is 12.1 Å². The number of sulfonamides is 1. The first-order valence-corrected chi connectivity index (χ1v) is 11.2. The molecule has 0 radical (unpaired) electrons. The fraction of sp³-hybridized carbons (Fsp3) is 0.300. The monoisotopic (exact) mass is 453 g/mol. The van der Waals surface area contributed by atoms with E-state index in [4.69, 9.17) is 11.6 Å². The van der Waals surface area contributed by atoms with E-state index in [0.29, 0.717) is 18.0 Å². The maximum absolute atomic E-state index is 13.1. The van der Waals surface area contributed by atoms with Gasteiger partial charge in [0, 0.05) is 26.2 Å². The van der Waals surface area contributed by atoms with Crippen LogP contribution in [0.4, 0.5) is 4.39 Å². The van der Waals surface area contributed by atoms with Crippen molar-refractivity contribution in [3.63, 3.8) is 0 Å². The van der Waals surface area contributed by atoms with Gasteiger partial charge in [-0.15, -0.1) is 0 Å². The van der Waals surface area contributed by atoms with E-state index in [1.54, 1.807) is 24.3 Å². The molecular formula is C20H21ClFN3O4S. The first kappa shape index (κ1) is 22.2. The molecule has 1 fully saturated rings. The molecule has 1 aliphatic rings. The maximum atomic E-state index is 13.1. The van der Waals surface area contributed by atoms with Gasteiger partial charge in [0.2, 0.25) is 15.9 Å². The highest BCUT2D eigenvalue weighted by atomic mass is 35.5. The smallest absolute Gasteiger partial charge is 0.253 e. The fourth-order valence-corrected chi connectivity index (χ4v) is 4.84. The average molecular weight is 454 g/mol. The van der Waals surface area contributed by atoms with Gasteiger partial charge in [0.25, 0.3) is 5.91 Å². The van der Waals surface area contributed by atoms with Gasteiger partial charge in [-0.2, -0.15) is 4.31 Å². The predicted molar refractivity (Wildman–Crippen MR) is 110 cm³/mol. The number of carbonyl (C=O) groups excluding carboxylic acids is 2. The van der Waals surface area contributed by atoms with E-state index >= 15 is 0 Å². The van der Waals surface area contributed by atoms with Crippen molar-refractivity contribution in [3.8, 4) is 0 Å². The van der Waals surface area contributed by atoms with Crippen molar-refractivity contribution >= 4 is 33.4 Å². The van der Waals surface area contributed by atoms with E-state index in [1.807, 2.05) is 0 Å². The lowest BCUT2D eigenvalue weighted by atomic mass is 10.2. The van der Waals surface area contributed by atoms with Crippen molar-refractivity contribution < 1.29 is 22.4 Å². The second-order valence-electron chi connectivity index (χ2n) is 6.75. The topological polar surface area (TPSA) is 86.8 Å². The molecule has 0 bridgehead atoms. The molecule has 7 nitrogen and oxygen atoms in total. The minimum Gasteiger partial charge on any atom is -0.343 e. The number of rotatable bonds is 5. The lowest BCUT2D eigenvalue weighted by molar-refractivity contribution is -0.129. The molecule has 0 aromatic heterocycles. The summed E-state index contributed by atoms with van der Waals surface area (Å²) in [7, 11) is -3.77.